The van der Waals surface area contributed by atoms with Gasteiger partial charge in [-0.3, -0.25) is 9.59 Å². The number of rotatable bonds is 10. The molecule has 0 saturated carbocycles. The molecule has 1 unspecified atom stereocenters. The normalized spacial score (nSPS) is 15.6. The van der Waals surface area contributed by atoms with Crippen LogP contribution in [-0.2, 0) is 16.1 Å². The lowest BCUT2D eigenvalue weighted by Crippen LogP contribution is -2.30. The summed E-state index contributed by atoms with van der Waals surface area (Å²) in [5, 5.41) is 10.9. The van der Waals surface area contributed by atoms with Crippen LogP contribution in [-0.4, -0.2) is 34.9 Å². The van der Waals surface area contributed by atoms with Crippen LogP contribution in [0.2, 0.25) is 0 Å². The van der Waals surface area contributed by atoms with Gasteiger partial charge in [0.15, 0.2) is 23.0 Å². The van der Waals surface area contributed by atoms with Gasteiger partial charge in [0.2, 0.25) is 0 Å². The number of benzene rings is 3. The number of hydrogen-bond acceptors (Lipinski definition) is 5. The van der Waals surface area contributed by atoms with E-state index < -0.39 is 23.5 Å². The molecule has 0 spiro atoms. The van der Waals surface area contributed by atoms with Crippen molar-refractivity contribution < 1.29 is 24.2 Å². The van der Waals surface area contributed by atoms with Crippen molar-refractivity contribution in [3.8, 4) is 11.5 Å². The third kappa shape index (κ3) is 5.33. The summed E-state index contributed by atoms with van der Waals surface area (Å²) in [5.74, 6) is -0.469. The standard InChI is InChI=1S/C30H29NO5/c1-3-35-25-18-16-23(19-26(25)36-4-2)28-27(24(32)17-15-21-11-7-5-8-12-21)29(33)30(34)31(28)20-22-13-9-6-10-14-22/h5-19,28,33H,3-4,20H2,1-2H3/b17-15+. The van der Waals surface area contributed by atoms with Crippen molar-refractivity contribution in [2.75, 3.05) is 13.2 Å². The number of ether oxygens (including phenoxy) is 2. The summed E-state index contributed by atoms with van der Waals surface area (Å²) in [4.78, 5) is 28.2. The molecule has 3 aromatic carbocycles. The van der Waals surface area contributed by atoms with Gasteiger partial charge in [-0.05, 0) is 48.7 Å². The van der Waals surface area contributed by atoms with Gasteiger partial charge in [0.1, 0.15) is 0 Å². The fourth-order valence-electron chi connectivity index (χ4n) is 4.26. The van der Waals surface area contributed by atoms with E-state index >= 15 is 0 Å². The van der Waals surface area contributed by atoms with E-state index in [0.29, 0.717) is 30.3 Å². The topological polar surface area (TPSA) is 76.1 Å². The SMILES string of the molecule is CCOc1ccc(C2C(C(=O)/C=C/c3ccccc3)=C(O)C(=O)N2Cc2ccccc2)cc1OCC. The first-order valence-electron chi connectivity index (χ1n) is 12.0. The van der Waals surface area contributed by atoms with Crippen molar-refractivity contribution in [3.05, 3.63) is 113 Å². The van der Waals surface area contributed by atoms with E-state index in [-0.39, 0.29) is 12.1 Å². The second-order valence-electron chi connectivity index (χ2n) is 8.26. The Balaban J connectivity index is 1.77. The molecule has 0 aliphatic carbocycles. The molecule has 1 aliphatic rings. The molecule has 1 amide bonds. The average molecular weight is 484 g/mol. The summed E-state index contributed by atoms with van der Waals surface area (Å²) >= 11 is 0. The molecule has 184 valence electrons. The lowest BCUT2D eigenvalue weighted by Gasteiger charge is -2.27. The molecule has 1 aliphatic heterocycles. The molecule has 0 radical (unpaired) electrons. The van der Waals surface area contributed by atoms with Crippen molar-refractivity contribution in [3.63, 3.8) is 0 Å². The Kier molecular flexibility index (Phi) is 7.85. The molecule has 4 rings (SSSR count). The van der Waals surface area contributed by atoms with Gasteiger partial charge in [0.05, 0.1) is 24.8 Å². The van der Waals surface area contributed by atoms with Gasteiger partial charge in [-0.25, -0.2) is 0 Å². The van der Waals surface area contributed by atoms with Crippen LogP contribution in [0.3, 0.4) is 0 Å². The van der Waals surface area contributed by atoms with Crippen LogP contribution in [0.15, 0.2) is 96.3 Å². The second kappa shape index (κ2) is 11.4. The lowest BCUT2D eigenvalue weighted by molar-refractivity contribution is -0.130. The highest BCUT2D eigenvalue weighted by atomic mass is 16.5. The Labute approximate surface area is 211 Å². The smallest absolute Gasteiger partial charge is 0.290 e. The number of allylic oxidation sites excluding steroid dienone is 1. The number of nitrogens with zero attached hydrogens (tertiary/aromatic N) is 1. The summed E-state index contributed by atoms with van der Waals surface area (Å²) < 4.78 is 11.5. The maximum atomic E-state index is 13.4. The number of amides is 1. The molecule has 6 nitrogen and oxygen atoms in total. The van der Waals surface area contributed by atoms with Crippen molar-refractivity contribution >= 4 is 17.8 Å². The van der Waals surface area contributed by atoms with Gasteiger partial charge in [0.25, 0.3) is 5.91 Å². The summed E-state index contributed by atoms with van der Waals surface area (Å²) in [7, 11) is 0. The second-order valence-corrected chi connectivity index (χ2v) is 8.26. The van der Waals surface area contributed by atoms with E-state index in [2.05, 4.69) is 0 Å². The van der Waals surface area contributed by atoms with Crippen LogP contribution in [0.5, 0.6) is 11.5 Å². The first-order valence-corrected chi connectivity index (χ1v) is 12.0. The number of aliphatic hydroxyl groups is 1. The first kappa shape index (κ1) is 24.8. The molecule has 0 bridgehead atoms. The van der Waals surface area contributed by atoms with E-state index in [1.165, 1.54) is 11.0 Å². The third-order valence-corrected chi connectivity index (χ3v) is 5.87. The number of carbonyl (C=O) groups excluding carboxylic acids is 2. The van der Waals surface area contributed by atoms with Gasteiger partial charge < -0.3 is 19.5 Å². The fourth-order valence-corrected chi connectivity index (χ4v) is 4.26. The number of carbonyl (C=O) groups is 2. The molecular formula is C30H29NO5. The molecule has 3 aromatic rings. The molecule has 36 heavy (non-hydrogen) atoms. The minimum atomic E-state index is -0.791. The zero-order valence-electron chi connectivity index (χ0n) is 20.4. The largest absolute Gasteiger partial charge is 0.503 e. The average Bonchev–Trinajstić information content (AvgIpc) is 3.15. The Morgan fingerprint density at radius 3 is 2.22 bits per heavy atom. The van der Waals surface area contributed by atoms with E-state index in [9.17, 15) is 14.7 Å². The monoisotopic (exact) mass is 483 g/mol. The summed E-state index contributed by atoms with van der Waals surface area (Å²) in [5.41, 5.74) is 2.40. The van der Waals surface area contributed by atoms with E-state index in [1.54, 1.807) is 24.3 Å². The lowest BCUT2D eigenvalue weighted by atomic mass is 9.95. The number of ketones is 1. The van der Waals surface area contributed by atoms with E-state index in [1.807, 2.05) is 74.5 Å². The Hall–Kier alpha value is -4.32. The third-order valence-electron chi connectivity index (χ3n) is 5.87. The van der Waals surface area contributed by atoms with Crippen molar-refractivity contribution in [1.82, 2.24) is 4.90 Å². The van der Waals surface area contributed by atoms with Gasteiger partial charge >= 0.3 is 0 Å². The van der Waals surface area contributed by atoms with Crippen molar-refractivity contribution in [1.29, 1.82) is 0 Å². The van der Waals surface area contributed by atoms with Crippen LogP contribution < -0.4 is 9.47 Å². The Morgan fingerprint density at radius 2 is 1.56 bits per heavy atom. The van der Waals surface area contributed by atoms with Crippen LogP contribution in [0.4, 0.5) is 0 Å². The fraction of sp³-hybridized carbons (Fsp3) is 0.200. The van der Waals surface area contributed by atoms with Gasteiger partial charge in [-0.2, -0.15) is 0 Å². The highest BCUT2D eigenvalue weighted by molar-refractivity contribution is 6.14. The van der Waals surface area contributed by atoms with Crippen LogP contribution in [0, 0.1) is 0 Å². The Morgan fingerprint density at radius 1 is 0.917 bits per heavy atom. The zero-order valence-corrected chi connectivity index (χ0v) is 20.4. The van der Waals surface area contributed by atoms with Gasteiger partial charge in [-0.1, -0.05) is 72.8 Å². The summed E-state index contributed by atoms with van der Waals surface area (Å²) in [6.45, 7) is 4.88. The molecule has 6 heteroatoms. The van der Waals surface area contributed by atoms with Crippen LogP contribution in [0.25, 0.3) is 6.08 Å². The number of hydrogen-bond donors (Lipinski definition) is 1. The predicted molar refractivity (Wildman–Crippen MR) is 139 cm³/mol. The van der Waals surface area contributed by atoms with Crippen molar-refractivity contribution in [2.24, 2.45) is 0 Å². The highest BCUT2D eigenvalue weighted by Crippen LogP contribution is 2.41. The van der Waals surface area contributed by atoms with Gasteiger partial charge in [0, 0.05) is 6.54 Å². The van der Waals surface area contributed by atoms with Crippen LogP contribution >= 0.6 is 0 Å². The minimum absolute atomic E-state index is 0.0368. The molecule has 0 saturated heterocycles. The molecule has 1 atom stereocenters. The van der Waals surface area contributed by atoms with Crippen LogP contribution in [0.1, 0.15) is 36.6 Å². The first-order chi connectivity index (χ1) is 17.5. The minimum Gasteiger partial charge on any atom is -0.503 e. The maximum Gasteiger partial charge on any atom is 0.290 e. The van der Waals surface area contributed by atoms with E-state index in [4.69, 9.17) is 9.47 Å². The predicted octanol–water partition coefficient (Wildman–Crippen LogP) is 5.66. The maximum absolute atomic E-state index is 13.4. The summed E-state index contributed by atoms with van der Waals surface area (Å²) in [6, 6.07) is 23.4. The van der Waals surface area contributed by atoms with E-state index in [0.717, 1.165) is 11.1 Å². The zero-order chi connectivity index (χ0) is 25.5. The highest BCUT2D eigenvalue weighted by Gasteiger charge is 2.43. The Bertz CT molecular complexity index is 1280. The quantitative estimate of drug-likeness (QED) is 0.377. The number of aliphatic hydroxyl groups excluding tert-OH is 1. The molecule has 0 aromatic heterocycles. The molecular weight excluding hydrogens is 454 g/mol. The molecule has 1 N–H and O–H groups in total. The molecule has 0 fully saturated rings. The van der Waals surface area contributed by atoms with Gasteiger partial charge in [-0.15, -0.1) is 0 Å². The summed E-state index contributed by atoms with van der Waals surface area (Å²) in [6.07, 6.45) is 3.07. The molecule has 1 heterocycles. The van der Waals surface area contributed by atoms with Crippen molar-refractivity contribution in [2.45, 2.75) is 26.4 Å².